The first kappa shape index (κ1) is 64.0. The Bertz CT molecular complexity index is 2180. The van der Waals surface area contributed by atoms with Gasteiger partial charge < -0.3 is 38.8 Å². The second-order valence-corrected chi connectivity index (χ2v) is 34.8. The molecule has 6 rings (SSSR count). The number of unbranched alkanes of at least 4 members (excludes halogenated alkanes) is 3. The number of aliphatic hydroxyl groups is 5. The van der Waals surface area contributed by atoms with E-state index in [1.165, 1.54) is 23.0 Å². The van der Waals surface area contributed by atoms with E-state index in [4.69, 9.17) is 28.4 Å². The van der Waals surface area contributed by atoms with Crippen molar-refractivity contribution in [2.24, 2.45) is 17.8 Å². The number of cyclic esters (lactones) is 1. The molecule has 0 saturated carbocycles. The summed E-state index contributed by atoms with van der Waals surface area (Å²) >= 11 is 2.85. The van der Waals surface area contributed by atoms with Crippen LogP contribution < -0.4 is 15.9 Å². The van der Waals surface area contributed by atoms with Crippen LogP contribution in [0.5, 0.6) is 0 Å². The number of carbonyl (C=O) groups is 1. The summed E-state index contributed by atoms with van der Waals surface area (Å²) < 4.78 is 35.6. The number of esters is 1. The topological polar surface area (TPSA) is 180 Å². The van der Waals surface area contributed by atoms with Gasteiger partial charge in [0.1, 0.15) is 12.2 Å². The Hall–Kier alpha value is -2.19. The summed E-state index contributed by atoms with van der Waals surface area (Å²) in [6.07, 6.45) is -3.92. The molecule has 0 aromatic heterocycles. The molecule has 0 amide bonds. The second kappa shape index (κ2) is 26.8. The van der Waals surface area contributed by atoms with Crippen LogP contribution in [0.15, 0.2) is 91.0 Å². The second-order valence-electron chi connectivity index (χ2n) is 24.0. The van der Waals surface area contributed by atoms with Crippen LogP contribution in [0.3, 0.4) is 0 Å². The molecule has 0 spiro atoms. The zero-order valence-corrected chi connectivity index (χ0v) is 51.5. The first-order valence-corrected chi connectivity index (χ1v) is 33.6. The molecule has 434 valence electrons. The first-order chi connectivity index (χ1) is 36.2. The molecule has 77 heavy (non-hydrogen) atoms. The Balaban J connectivity index is 1.32. The van der Waals surface area contributed by atoms with Crippen molar-refractivity contribution < 1.29 is 58.7 Å². The van der Waals surface area contributed by atoms with E-state index in [0.29, 0.717) is 19.5 Å². The van der Waals surface area contributed by atoms with E-state index >= 15 is 0 Å². The number of hydrogen-bond donors (Lipinski definition) is 5. The molecule has 14 nitrogen and oxygen atoms in total. The molecule has 3 saturated heterocycles. The van der Waals surface area contributed by atoms with Crippen LogP contribution in [0.1, 0.15) is 121 Å². The zero-order chi connectivity index (χ0) is 56.7. The van der Waals surface area contributed by atoms with Crippen molar-refractivity contribution in [3.8, 4) is 0 Å². The number of halogens is 1. The Morgan fingerprint density at radius 2 is 1.31 bits per heavy atom. The van der Waals surface area contributed by atoms with Crippen molar-refractivity contribution in [1.82, 2.24) is 9.80 Å². The predicted molar refractivity (Wildman–Crippen MR) is 316 cm³/mol. The Kier molecular flexibility index (Phi) is 22.3. The average Bonchev–Trinajstić information content (AvgIpc) is 3.41. The Morgan fingerprint density at radius 1 is 0.766 bits per heavy atom. The van der Waals surface area contributed by atoms with E-state index in [0.717, 1.165) is 31.8 Å². The van der Waals surface area contributed by atoms with E-state index in [1.54, 1.807) is 34.6 Å². The van der Waals surface area contributed by atoms with Gasteiger partial charge in [0.05, 0.1) is 29.8 Å². The molecule has 3 aromatic rings. The van der Waals surface area contributed by atoms with Gasteiger partial charge in [-0.2, -0.15) is 0 Å². The third kappa shape index (κ3) is 14.2. The summed E-state index contributed by atoms with van der Waals surface area (Å²) in [6.45, 7) is 19.1. The van der Waals surface area contributed by atoms with Gasteiger partial charge >= 0.3 is 291 Å². The van der Waals surface area contributed by atoms with Crippen molar-refractivity contribution in [3.63, 3.8) is 0 Å². The monoisotopic (exact) mass is 1210 g/mol. The molecule has 18 atom stereocenters. The van der Waals surface area contributed by atoms with Crippen LogP contribution in [-0.4, -0.2) is 172 Å². The number of likely N-dealkylation sites (N-methyl/N-ethyl adjacent to an activating group) is 1. The van der Waals surface area contributed by atoms with Gasteiger partial charge in [0.2, 0.25) is 0 Å². The molecule has 3 aliphatic rings. The molecule has 3 heterocycles. The zero-order valence-electron chi connectivity index (χ0n) is 48.4. The van der Waals surface area contributed by atoms with Crippen molar-refractivity contribution in [2.75, 3.05) is 40.5 Å². The van der Waals surface area contributed by atoms with Gasteiger partial charge in [-0.1, -0.05) is 13.8 Å². The van der Waals surface area contributed by atoms with E-state index in [2.05, 4.69) is 125 Å². The number of aliphatic hydroxyl groups excluding tert-OH is 3. The van der Waals surface area contributed by atoms with Crippen LogP contribution in [-0.2, 0) is 33.2 Å². The molecular formula is C61H96IN2O12P. The average molecular weight is 1210 g/mol. The molecule has 0 radical (unpaired) electrons. The van der Waals surface area contributed by atoms with Crippen molar-refractivity contribution >= 4 is 48.2 Å². The molecule has 3 aromatic carbocycles. The van der Waals surface area contributed by atoms with Gasteiger partial charge in [-0.15, -0.1) is 0 Å². The minimum absolute atomic E-state index is 0.119. The minimum atomic E-state index is -2.95. The third-order valence-corrected chi connectivity index (χ3v) is 29.4. The van der Waals surface area contributed by atoms with Gasteiger partial charge in [-0.3, -0.25) is 4.79 Å². The van der Waals surface area contributed by atoms with Gasteiger partial charge in [-0.25, -0.2) is 0 Å². The number of nitrogens with zero attached hydrogens (tertiary/aromatic N) is 2. The fraction of sp³-hybridized carbons (Fsp3) is 0.689. The number of carbonyl (C=O) groups excluding carboxylic acids is 1. The van der Waals surface area contributed by atoms with Crippen LogP contribution in [0.25, 0.3) is 0 Å². The van der Waals surface area contributed by atoms with Crippen LogP contribution >= 0.6 is 26.3 Å². The van der Waals surface area contributed by atoms with Crippen LogP contribution in [0, 0.1) is 17.8 Å². The summed E-state index contributed by atoms with van der Waals surface area (Å²) in [5, 5.41) is 65.0. The molecule has 16 heteroatoms. The van der Waals surface area contributed by atoms with Gasteiger partial charge in [0.15, 0.2) is 12.6 Å². The van der Waals surface area contributed by atoms with Crippen molar-refractivity contribution in [1.29, 1.82) is 0 Å². The van der Waals surface area contributed by atoms with Crippen molar-refractivity contribution in [2.45, 2.75) is 211 Å². The first-order valence-electron chi connectivity index (χ1n) is 28.4. The van der Waals surface area contributed by atoms with E-state index in [9.17, 15) is 30.3 Å². The fourth-order valence-corrected chi connectivity index (χ4v) is 21.8. The number of benzene rings is 3. The maximum atomic E-state index is 14.8. The summed E-state index contributed by atoms with van der Waals surface area (Å²) in [6, 6.07) is 32.0. The molecular weight excluding hydrogens is 1110 g/mol. The summed E-state index contributed by atoms with van der Waals surface area (Å²) in [5.74, 6) is -2.72. The predicted octanol–water partition coefficient (Wildman–Crippen LogP) is 7.71. The standard InChI is InChI=1S/C61H96IN2O12P/c1-14-50-61(10,70)54(66)44(6)64(34-26-15-16-27-35-77(62,46-28-20-17-21-29-46,47-30-22-18-23-31-47)48-32-24-19-25-33-48)39-40(2)37-59(8,69)56(76-58-52(65)49(63(11)12)36-41(3)72-58)42(4)53(43(5)57(68)74-50)75-51-38-60(9,71-13)55(67)45(7)73-51/h17-25,28-33,40-45,49-56,58,65-67,69-70H,14-16,26-27,34-39H2,1-13H3/t40-,41-,42+,43-,44-,45+,49+,50-,51+,52-,53+,54-,55+,56-,58+,59-,60-,61-/m1/s1. The molecule has 0 bridgehead atoms. The molecule has 0 unspecified atom stereocenters. The third-order valence-electron chi connectivity index (χ3n) is 17.7. The molecule has 3 aliphatic heterocycles. The number of ether oxygens (including phenoxy) is 6. The van der Waals surface area contributed by atoms with E-state index < -0.39 is 100 Å². The number of methoxy groups -OCH3 is 1. The normalized spacial score (nSPS) is 38.0. The fourth-order valence-electron chi connectivity index (χ4n) is 13.0. The summed E-state index contributed by atoms with van der Waals surface area (Å²) in [7, 11) is 5.33. The summed E-state index contributed by atoms with van der Waals surface area (Å²) in [5.41, 5.74) is -4.54. The van der Waals surface area contributed by atoms with Crippen molar-refractivity contribution in [3.05, 3.63) is 91.0 Å². The quantitative estimate of drug-likeness (QED) is 0.0384. The number of rotatable bonds is 17. The van der Waals surface area contributed by atoms with Gasteiger partial charge in [0, 0.05) is 25.5 Å². The molecule has 0 aliphatic carbocycles. The van der Waals surface area contributed by atoms with E-state index in [1.807, 2.05) is 46.7 Å². The van der Waals surface area contributed by atoms with Crippen LogP contribution in [0.2, 0.25) is 0 Å². The Labute approximate surface area is 474 Å². The SMILES string of the molecule is CC[C@H]1OC(=O)[C@H](C)[C@@H](O[C@H]2C[C@@](C)(OC)[C@@H](O)[C@H](C)O2)[C@H](C)[C@@H](O[C@@H]2O[C@H](C)C[C@H](N(C)C)[C@H]2O)[C@](C)(O)C[C@@H](C)CN(CCCCCCP(I)(c2ccccc2)(c2ccccc2)c2ccccc2)[C@H](C)[C@@H](O)[C@]1(C)O. The molecule has 5 N–H and O–H groups in total. The molecule has 3 fully saturated rings. The Morgan fingerprint density at radius 3 is 1.83 bits per heavy atom. The van der Waals surface area contributed by atoms with Crippen LogP contribution in [0.4, 0.5) is 0 Å². The van der Waals surface area contributed by atoms with Gasteiger partial charge in [-0.05, 0) is 48.2 Å². The maximum absolute atomic E-state index is 14.8. The van der Waals surface area contributed by atoms with E-state index in [-0.39, 0.29) is 37.3 Å². The van der Waals surface area contributed by atoms with Gasteiger partial charge in [0.25, 0.3) is 0 Å². The summed E-state index contributed by atoms with van der Waals surface area (Å²) in [4.78, 5) is 18.9. The number of hydrogen-bond acceptors (Lipinski definition) is 14.